The molecule has 1 aliphatic rings. The van der Waals surface area contributed by atoms with Gasteiger partial charge in [-0.25, -0.2) is 9.97 Å². The third-order valence-electron chi connectivity index (χ3n) is 7.32. The van der Waals surface area contributed by atoms with Gasteiger partial charge in [0.05, 0.1) is 11.6 Å². The lowest BCUT2D eigenvalue weighted by molar-refractivity contribution is -0.139. The fraction of sp³-hybridized carbons (Fsp3) is 0.452. The van der Waals surface area contributed by atoms with Gasteiger partial charge in [0.1, 0.15) is 0 Å². The lowest BCUT2D eigenvalue weighted by atomic mass is 9.89. The average Bonchev–Trinajstić information content (AvgIpc) is 3.13. The molecule has 1 saturated heterocycles. The minimum absolute atomic E-state index is 0.430. The first-order valence-electron chi connectivity index (χ1n) is 13.6. The van der Waals surface area contributed by atoms with Crippen molar-refractivity contribution in [2.45, 2.75) is 65.3 Å². The molecule has 0 bridgehead atoms. The fourth-order valence-corrected chi connectivity index (χ4v) is 5.22. The highest BCUT2D eigenvalue weighted by atomic mass is 16.4. The van der Waals surface area contributed by atoms with Gasteiger partial charge in [-0.15, -0.1) is 0 Å². The van der Waals surface area contributed by atoms with E-state index in [-0.39, 0.29) is 0 Å². The number of carbonyl (C=O) groups is 1. The van der Waals surface area contributed by atoms with Gasteiger partial charge in [0.15, 0.2) is 0 Å². The molecule has 196 valence electrons. The van der Waals surface area contributed by atoms with Crippen LogP contribution in [0.4, 0.5) is 5.95 Å². The fourth-order valence-electron chi connectivity index (χ4n) is 5.22. The maximum absolute atomic E-state index is 12.3. The third-order valence-corrected chi connectivity index (χ3v) is 7.32. The summed E-state index contributed by atoms with van der Waals surface area (Å²) in [5.74, 6) is -0.303. The first-order chi connectivity index (χ1) is 17.9. The van der Waals surface area contributed by atoms with E-state index in [1.807, 2.05) is 13.8 Å². The van der Waals surface area contributed by atoms with Crippen molar-refractivity contribution in [3.05, 3.63) is 77.0 Å². The molecule has 0 radical (unpaired) electrons. The number of hydrogen-bond acceptors (Lipinski definition) is 5. The van der Waals surface area contributed by atoms with E-state index in [0.29, 0.717) is 18.3 Å². The Hall–Kier alpha value is -3.25. The maximum Gasteiger partial charge on any atom is 0.311 e. The third kappa shape index (κ3) is 6.55. The smallest absolute Gasteiger partial charge is 0.311 e. The van der Waals surface area contributed by atoms with Crippen LogP contribution in [-0.2, 0) is 11.3 Å². The number of aliphatic carboxylic acids is 1. The van der Waals surface area contributed by atoms with Gasteiger partial charge < -0.3 is 10.0 Å². The van der Waals surface area contributed by atoms with Crippen LogP contribution in [0.2, 0.25) is 0 Å². The van der Waals surface area contributed by atoms with Crippen molar-refractivity contribution in [1.82, 2.24) is 14.9 Å². The van der Waals surface area contributed by atoms with E-state index in [0.717, 1.165) is 68.1 Å². The summed E-state index contributed by atoms with van der Waals surface area (Å²) >= 11 is 0. The molecule has 6 nitrogen and oxygen atoms in total. The average molecular weight is 501 g/mol. The number of carboxylic acid groups (broad SMARTS) is 1. The van der Waals surface area contributed by atoms with Gasteiger partial charge in [0.2, 0.25) is 5.95 Å². The molecular weight excluding hydrogens is 460 g/mol. The molecule has 2 aromatic carbocycles. The van der Waals surface area contributed by atoms with Crippen LogP contribution < -0.4 is 4.90 Å². The quantitative estimate of drug-likeness (QED) is 0.374. The molecule has 37 heavy (non-hydrogen) atoms. The zero-order chi connectivity index (χ0) is 26.4. The van der Waals surface area contributed by atoms with Crippen molar-refractivity contribution in [2.24, 2.45) is 0 Å². The van der Waals surface area contributed by atoms with Gasteiger partial charge in [0, 0.05) is 49.5 Å². The second kappa shape index (κ2) is 12.3. The zero-order valence-electron chi connectivity index (χ0n) is 22.7. The van der Waals surface area contributed by atoms with Gasteiger partial charge in [-0.3, -0.25) is 9.69 Å². The van der Waals surface area contributed by atoms with E-state index in [2.05, 4.69) is 78.2 Å². The Kier molecular flexibility index (Phi) is 8.93. The van der Waals surface area contributed by atoms with Crippen molar-refractivity contribution in [3.63, 3.8) is 0 Å². The molecule has 6 heteroatoms. The second-order valence-corrected chi connectivity index (χ2v) is 10.4. The van der Waals surface area contributed by atoms with Crippen LogP contribution in [0, 0.1) is 6.92 Å². The number of hydrogen-bond donors (Lipinski definition) is 1. The van der Waals surface area contributed by atoms with Crippen LogP contribution in [0.25, 0.3) is 11.3 Å². The van der Waals surface area contributed by atoms with Crippen LogP contribution in [0.3, 0.4) is 0 Å². The van der Waals surface area contributed by atoms with Crippen molar-refractivity contribution in [1.29, 1.82) is 0 Å². The molecule has 0 amide bonds. The van der Waals surface area contributed by atoms with Gasteiger partial charge in [-0.2, -0.15) is 0 Å². The summed E-state index contributed by atoms with van der Waals surface area (Å²) in [4.78, 5) is 27.0. The Morgan fingerprint density at radius 3 is 2.35 bits per heavy atom. The number of nitrogens with zero attached hydrogens (tertiary/aromatic N) is 4. The molecule has 1 aliphatic heterocycles. The summed E-state index contributed by atoms with van der Waals surface area (Å²) in [6.45, 7) is 13.0. The van der Waals surface area contributed by atoms with Crippen LogP contribution in [0.15, 0.2) is 54.6 Å². The first-order valence-corrected chi connectivity index (χ1v) is 13.6. The number of rotatable bonds is 9. The molecule has 1 atom stereocenters. The molecule has 1 N–H and O–H groups in total. The lowest BCUT2D eigenvalue weighted by Crippen LogP contribution is -2.32. The normalized spacial score (nSPS) is 15.5. The van der Waals surface area contributed by atoms with Crippen molar-refractivity contribution in [3.8, 4) is 11.3 Å². The lowest BCUT2D eigenvalue weighted by Gasteiger charge is -2.25. The predicted octanol–water partition coefficient (Wildman–Crippen LogP) is 6.26. The molecule has 1 fully saturated rings. The summed E-state index contributed by atoms with van der Waals surface area (Å²) in [7, 11) is 0. The van der Waals surface area contributed by atoms with Gasteiger partial charge in [-0.05, 0) is 36.8 Å². The number of carboxylic acids is 1. The Bertz CT molecular complexity index is 1180. The highest BCUT2D eigenvalue weighted by Gasteiger charge is 2.28. The van der Waals surface area contributed by atoms with E-state index in [1.54, 1.807) is 0 Å². The number of anilines is 1. The van der Waals surface area contributed by atoms with Crippen molar-refractivity contribution >= 4 is 11.9 Å². The minimum Gasteiger partial charge on any atom is -0.481 e. The van der Waals surface area contributed by atoms with Crippen LogP contribution >= 0.6 is 0 Å². The Morgan fingerprint density at radius 1 is 0.973 bits per heavy atom. The van der Waals surface area contributed by atoms with E-state index in [4.69, 9.17) is 9.97 Å². The molecule has 3 aromatic rings. The predicted molar refractivity (Wildman–Crippen MR) is 150 cm³/mol. The summed E-state index contributed by atoms with van der Waals surface area (Å²) < 4.78 is 0. The monoisotopic (exact) mass is 500 g/mol. The molecular formula is C31H40N4O2. The summed E-state index contributed by atoms with van der Waals surface area (Å²) in [6, 6.07) is 19.0. The van der Waals surface area contributed by atoms with E-state index >= 15 is 0 Å². The summed E-state index contributed by atoms with van der Waals surface area (Å²) in [6.07, 6.45) is 2.38. The van der Waals surface area contributed by atoms with Crippen molar-refractivity contribution < 1.29 is 9.90 Å². The largest absolute Gasteiger partial charge is 0.481 e. The summed E-state index contributed by atoms with van der Waals surface area (Å²) in [5.41, 5.74) is 5.80. The van der Waals surface area contributed by atoms with E-state index in [1.165, 1.54) is 11.1 Å². The second-order valence-electron chi connectivity index (χ2n) is 10.4. The Balaban J connectivity index is 1.67. The van der Waals surface area contributed by atoms with E-state index in [9.17, 15) is 9.90 Å². The van der Waals surface area contributed by atoms with Gasteiger partial charge in [-0.1, -0.05) is 81.8 Å². The van der Waals surface area contributed by atoms with Gasteiger partial charge >= 0.3 is 5.97 Å². The molecule has 4 rings (SSSR count). The first kappa shape index (κ1) is 26.8. The minimum atomic E-state index is -0.812. The maximum atomic E-state index is 12.3. The van der Waals surface area contributed by atoms with E-state index < -0.39 is 11.9 Å². The zero-order valence-corrected chi connectivity index (χ0v) is 22.7. The molecule has 2 heterocycles. The standard InChI is InChI=1S/C31H40N4O2/c1-5-10-27(30(36)37)28-23(4)32-31(33-29(28)26-15-13-25(14-16-26)22(2)3)35-18-9-17-34(19-20-35)21-24-11-7-6-8-12-24/h6-8,11-16,22,27H,5,9-10,17-21H2,1-4H3,(H,36,37). The molecule has 0 saturated carbocycles. The van der Waals surface area contributed by atoms with Crippen LogP contribution in [0.1, 0.15) is 74.3 Å². The van der Waals surface area contributed by atoms with Crippen LogP contribution in [0.5, 0.6) is 0 Å². The van der Waals surface area contributed by atoms with Crippen LogP contribution in [-0.4, -0.2) is 52.1 Å². The SMILES string of the molecule is CCCC(C(=O)O)c1c(C)nc(N2CCCN(Cc3ccccc3)CC2)nc1-c1ccc(C(C)C)cc1. The number of aromatic nitrogens is 2. The molecule has 0 aliphatic carbocycles. The topological polar surface area (TPSA) is 69.6 Å². The Morgan fingerprint density at radius 2 is 1.70 bits per heavy atom. The Labute approximate surface area is 221 Å². The highest BCUT2D eigenvalue weighted by Crippen LogP contribution is 2.35. The highest BCUT2D eigenvalue weighted by molar-refractivity contribution is 5.81. The molecule has 1 unspecified atom stereocenters. The number of benzene rings is 2. The number of aryl methyl sites for hydroxylation is 1. The molecule has 1 aromatic heterocycles. The summed E-state index contributed by atoms with van der Waals surface area (Å²) in [5, 5.41) is 10.1. The van der Waals surface area contributed by atoms with Gasteiger partial charge in [0.25, 0.3) is 0 Å². The van der Waals surface area contributed by atoms with Crippen molar-refractivity contribution in [2.75, 3.05) is 31.1 Å². The molecule has 0 spiro atoms.